The number of nitrogens with one attached hydrogen (secondary N) is 1. The smallest absolute Gasteiger partial charge is 0.327 e. The number of carbonyl (C=O) groups excluding carboxylic acids is 2. The van der Waals surface area contributed by atoms with E-state index in [1.165, 1.54) is 21.1 Å². The number of likely N-dealkylation sites (tertiary alicyclic amines) is 1. The highest BCUT2D eigenvalue weighted by Gasteiger charge is 2.71. The lowest BCUT2D eigenvalue weighted by Crippen LogP contribution is -2.63. The molecule has 9 heteroatoms. The van der Waals surface area contributed by atoms with Gasteiger partial charge >= 0.3 is 5.97 Å². The van der Waals surface area contributed by atoms with Gasteiger partial charge in [0.1, 0.15) is 11.5 Å². The largest absolute Gasteiger partial charge is 0.496 e. The van der Waals surface area contributed by atoms with Gasteiger partial charge in [-0.2, -0.15) is 0 Å². The van der Waals surface area contributed by atoms with E-state index in [9.17, 15) is 24.6 Å². The van der Waals surface area contributed by atoms with Crippen LogP contribution in [0.25, 0.3) is 0 Å². The molecule has 0 spiro atoms. The number of carbonyl (C=O) groups is 3. The van der Waals surface area contributed by atoms with Gasteiger partial charge in [-0.25, -0.2) is 0 Å². The minimum atomic E-state index is -2.03. The molecule has 1 aromatic carbocycles. The van der Waals surface area contributed by atoms with Crippen molar-refractivity contribution in [2.24, 2.45) is 11.8 Å². The summed E-state index contributed by atoms with van der Waals surface area (Å²) in [4.78, 5) is 40.5. The number of hydrogen-bond donors (Lipinski definition) is 3. The van der Waals surface area contributed by atoms with Gasteiger partial charge in [0, 0.05) is 22.7 Å². The normalized spacial score (nSPS) is 29.2. The van der Waals surface area contributed by atoms with E-state index < -0.39 is 52.8 Å². The maximum absolute atomic E-state index is 13.5. The van der Waals surface area contributed by atoms with E-state index in [4.69, 9.17) is 9.47 Å². The molecule has 0 bridgehead atoms. The molecule has 0 aliphatic carbocycles. The Labute approximate surface area is 181 Å². The SMILES string of the molecule is COc1ccc(C2NC(C(=O)O)(C(C)O)C3C(=O)N(C(C)(C)C)C(=O)C23)c(OC)c1C. The van der Waals surface area contributed by atoms with Crippen molar-refractivity contribution in [1.82, 2.24) is 10.2 Å². The molecule has 5 unspecified atom stereocenters. The number of fused-ring (bicyclic) bond motifs is 1. The molecule has 9 nitrogen and oxygen atoms in total. The van der Waals surface area contributed by atoms with E-state index in [0.29, 0.717) is 22.6 Å². The van der Waals surface area contributed by atoms with Crippen LogP contribution < -0.4 is 14.8 Å². The van der Waals surface area contributed by atoms with Gasteiger partial charge in [-0.3, -0.25) is 24.6 Å². The van der Waals surface area contributed by atoms with E-state index in [0.717, 1.165) is 4.90 Å². The summed E-state index contributed by atoms with van der Waals surface area (Å²) < 4.78 is 10.9. The molecule has 0 saturated carbocycles. The van der Waals surface area contributed by atoms with Gasteiger partial charge in [0.15, 0.2) is 5.54 Å². The number of ether oxygens (including phenoxy) is 2. The van der Waals surface area contributed by atoms with E-state index in [1.807, 2.05) is 0 Å². The second-order valence-corrected chi connectivity index (χ2v) is 9.17. The minimum Gasteiger partial charge on any atom is -0.496 e. The number of imide groups is 1. The van der Waals surface area contributed by atoms with Crippen molar-refractivity contribution in [2.75, 3.05) is 14.2 Å². The molecule has 1 aromatic rings. The Morgan fingerprint density at radius 2 is 1.81 bits per heavy atom. The third-order valence-electron chi connectivity index (χ3n) is 6.42. The van der Waals surface area contributed by atoms with Gasteiger partial charge < -0.3 is 19.7 Å². The van der Waals surface area contributed by atoms with Crippen LogP contribution in [0.4, 0.5) is 0 Å². The van der Waals surface area contributed by atoms with Crippen molar-refractivity contribution in [3.63, 3.8) is 0 Å². The van der Waals surface area contributed by atoms with Crippen molar-refractivity contribution >= 4 is 17.8 Å². The molecule has 3 N–H and O–H groups in total. The van der Waals surface area contributed by atoms with Gasteiger partial charge in [0.05, 0.1) is 32.2 Å². The maximum Gasteiger partial charge on any atom is 0.327 e. The summed E-state index contributed by atoms with van der Waals surface area (Å²) in [6, 6.07) is 2.53. The lowest BCUT2D eigenvalue weighted by molar-refractivity contribution is -0.158. The zero-order valence-electron chi connectivity index (χ0n) is 18.8. The molecule has 2 saturated heterocycles. The summed E-state index contributed by atoms with van der Waals surface area (Å²) in [6.07, 6.45) is -1.44. The predicted octanol–water partition coefficient (Wildman–Crippen LogP) is 1.26. The summed E-state index contributed by atoms with van der Waals surface area (Å²) in [5, 5.41) is 23.7. The van der Waals surface area contributed by atoms with Crippen LogP contribution in [0, 0.1) is 18.8 Å². The van der Waals surface area contributed by atoms with Crippen LogP contribution >= 0.6 is 0 Å². The van der Waals surface area contributed by atoms with Gasteiger partial charge in [0.2, 0.25) is 11.8 Å². The Morgan fingerprint density at radius 3 is 2.26 bits per heavy atom. The summed E-state index contributed by atoms with van der Waals surface area (Å²) in [7, 11) is 2.99. The molecule has 5 atom stereocenters. The first-order valence-corrected chi connectivity index (χ1v) is 10.1. The average Bonchev–Trinajstić information content (AvgIpc) is 3.16. The molecule has 0 aromatic heterocycles. The number of benzene rings is 1. The summed E-state index contributed by atoms with van der Waals surface area (Å²) in [5.41, 5.74) is -1.67. The van der Waals surface area contributed by atoms with Crippen LogP contribution in [0.15, 0.2) is 12.1 Å². The highest BCUT2D eigenvalue weighted by molar-refractivity contribution is 6.10. The molecular weight excluding hydrogens is 404 g/mol. The Bertz CT molecular complexity index is 937. The second-order valence-electron chi connectivity index (χ2n) is 9.17. The van der Waals surface area contributed by atoms with Crippen LogP contribution in [0.5, 0.6) is 11.5 Å². The number of amides is 2. The molecule has 2 amide bonds. The lowest BCUT2D eigenvalue weighted by atomic mass is 9.76. The fourth-order valence-corrected chi connectivity index (χ4v) is 5.06. The van der Waals surface area contributed by atoms with Crippen molar-refractivity contribution < 1.29 is 34.1 Å². The highest BCUT2D eigenvalue weighted by Crippen LogP contribution is 2.53. The molecule has 0 radical (unpaired) electrons. The summed E-state index contributed by atoms with van der Waals surface area (Å²) in [5.74, 6) is -3.75. The Morgan fingerprint density at radius 1 is 1.19 bits per heavy atom. The van der Waals surface area contributed by atoms with E-state index in [-0.39, 0.29) is 0 Å². The molecule has 3 rings (SSSR count). The first-order chi connectivity index (χ1) is 14.3. The van der Waals surface area contributed by atoms with Crippen molar-refractivity contribution in [3.8, 4) is 11.5 Å². The fourth-order valence-electron chi connectivity index (χ4n) is 5.06. The lowest BCUT2D eigenvalue weighted by Gasteiger charge is -2.36. The molecule has 2 aliphatic rings. The summed E-state index contributed by atoms with van der Waals surface area (Å²) >= 11 is 0. The van der Waals surface area contributed by atoms with E-state index >= 15 is 0 Å². The van der Waals surface area contributed by atoms with Crippen molar-refractivity contribution in [3.05, 3.63) is 23.3 Å². The van der Waals surface area contributed by atoms with Crippen LogP contribution in [0.1, 0.15) is 44.9 Å². The Kier molecular flexibility index (Phi) is 5.56. The quantitative estimate of drug-likeness (QED) is 0.592. The molecule has 2 fully saturated rings. The Balaban J connectivity index is 2.27. The zero-order valence-corrected chi connectivity index (χ0v) is 18.8. The number of methoxy groups -OCH3 is 2. The predicted molar refractivity (Wildman–Crippen MR) is 111 cm³/mol. The molecule has 2 aliphatic heterocycles. The van der Waals surface area contributed by atoms with Gasteiger partial charge in [-0.15, -0.1) is 0 Å². The van der Waals surface area contributed by atoms with Crippen LogP contribution in [0.3, 0.4) is 0 Å². The number of carboxylic acid groups (broad SMARTS) is 1. The number of carboxylic acids is 1. The first-order valence-electron chi connectivity index (χ1n) is 10.1. The fraction of sp³-hybridized carbons (Fsp3) is 0.591. The molecule has 170 valence electrons. The van der Waals surface area contributed by atoms with Crippen LogP contribution in [-0.2, 0) is 14.4 Å². The number of rotatable bonds is 5. The topological polar surface area (TPSA) is 125 Å². The van der Waals surface area contributed by atoms with E-state index in [1.54, 1.807) is 39.8 Å². The number of nitrogens with zero attached hydrogens (tertiary/aromatic N) is 1. The zero-order chi connectivity index (χ0) is 23.5. The van der Waals surface area contributed by atoms with Gasteiger partial charge in [0.25, 0.3) is 0 Å². The molecular formula is C22H30N2O7. The number of aliphatic hydroxyl groups is 1. The molecule has 31 heavy (non-hydrogen) atoms. The average molecular weight is 434 g/mol. The Hall–Kier alpha value is -2.65. The third-order valence-corrected chi connectivity index (χ3v) is 6.42. The van der Waals surface area contributed by atoms with Gasteiger partial charge in [-0.1, -0.05) is 6.07 Å². The standard InChI is InChI=1S/C22H30N2O7/c1-10-13(30-6)9-8-12(17(10)31-7)16-14-15(22(23-16,11(2)25)20(28)29)19(27)24(18(14)26)21(3,4)5/h8-9,11,14-16,23,25H,1-7H3,(H,28,29). The number of aliphatic carboxylic acids is 1. The molecule has 2 heterocycles. The van der Waals surface area contributed by atoms with Crippen LogP contribution in [0.2, 0.25) is 0 Å². The minimum absolute atomic E-state index is 0.428. The highest BCUT2D eigenvalue weighted by atomic mass is 16.5. The summed E-state index contributed by atoms with van der Waals surface area (Å²) in [6.45, 7) is 8.25. The monoisotopic (exact) mass is 434 g/mol. The van der Waals surface area contributed by atoms with Crippen molar-refractivity contribution in [1.29, 1.82) is 0 Å². The van der Waals surface area contributed by atoms with Crippen molar-refractivity contribution in [2.45, 2.75) is 57.8 Å². The number of aliphatic hydroxyl groups excluding tert-OH is 1. The van der Waals surface area contributed by atoms with Crippen LogP contribution in [-0.4, -0.2) is 64.3 Å². The second kappa shape index (κ2) is 7.49. The van der Waals surface area contributed by atoms with E-state index in [2.05, 4.69) is 5.32 Å². The third kappa shape index (κ3) is 3.10. The number of hydrogen-bond acceptors (Lipinski definition) is 7. The first kappa shape index (κ1) is 23.0. The van der Waals surface area contributed by atoms with Gasteiger partial charge in [-0.05, 0) is 40.7 Å². The maximum atomic E-state index is 13.5.